The number of halogens is 1. The van der Waals surface area contributed by atoms with E-state index in [4.69, 9.17) is 9.47 Å². The number of ether oxygens (including phenoxy) is 2. The normalized spacial score (nSPS) is 16.5. The van der Waals surface area contributed by atoms with E-state index in [1.54, 1.807) is 12.1 Å². The van der Waals surface area contributed by atoms with Crippen LogP contribution in [-0.4, -0.2) is 31.7 Å². The molecular formula is C25H33FN2O3. The van der Waals surface area contributed by atoms with Gasteiger partial charge in [0.25, 0.3) is 0 Å². The van der Waals surface area contributed by atoms with Crippen LogP contribution in [0.1, 0.15) is 52.1 Å². The van der Waals surface area contributed by atoms with Crippen molar-refractivity contribution in [1.82, 2.24) is 5.32 Å². The van der Waals surface area contributed by atoms with E-state index in [9.17, 15) is 9.18 Å². The van der Waals surface area contributed by atoms with Crippen LogP contribution in [0.3, 0.4) is 0 Å². The predicted molar refractivity (Wildman–Crippen MR) is 121 cm³/mol. The van der Waals surface area contributed by atoms with Gasteiger partial charge >= 0.3 is 0 Å². The van der Waals surface area contributed by atoms with Crippen LogP contribution in [0.2, 0.25) is 0 Å². The van der Waals surface area contributed by atoms with Gasteiger partial charge in [-0.15, -0.1) is 0 Å². The first-order valence-electron chi connectivity index (χ1n) is 11.2. The van der Waals surface area contributed by atoms with E-state index in [-0.39, 0.29) is 23.8 Å². The van der Waals surface area contributed by atoms with E-state index in [1.807, 2.05) is 32.9 Å². The number of amides is 1. The molecule has 1 unspecified atom stereocenters. The predicted octanol–water partition coefficient (Wildman–Crippen LogP) is 5.11. The second kappa shape index (κ2) is 10.5. The molecule has 1 heterocycles. The molecule has 6 heteroatoms. The quantitative estimate of drug-likeness (QED) is 0.635. The third kappa shape index (κ3) is 6.36. The fourth-order valence-corrected chi connectivity index (χ4v) is 3.43. The second-order valence-corrected chi connectivity index (χ2v) is 8.01. The average Bonchev–Trinajstić information content (AvgIpc) is 3.56. The third-order valence-corrected chi connectivity index (χ3v) is 5.40. The lowest BCUT2D eigenvalue weighted by atomic mass is 10.1. The summed E-state index contributed by atoms with van der Waals surface area (Å²) in [6, 6.07) is 12.7. The molecule has 4 rings (SSSR count). The van der Waals surface area contributed by atoms with Gasteiger partial charge in [0, 0.05) is 12.6 Å². The molecule has 0 aromatic heterocycles. The Morgan fingerprint density at radius 3 is 2.42 bits per heavy atom. The summed E-state index contributed by atoms with van der Waals surface area (Å²) < 4.78 is 26.0. The van der Waals surface area contributed by atoms with E-state index in [1.165, 1.54) is 25.8 Å². The number of nitrogens with one attached hydrogen (secondary N) is 1. The van der Waals surface area contributed by atoms with Crippen LogP contribution in [0.5, 0.6) is 11.5 Å². The Kier molecular flexibility index (Phi) is 7.77. The zero-order valence-electron chi connectivity index (χ0n) is 18.9. The van der Waals surface area contributed by atoms with Crippen LogP contribution in [0.4, 0.5) is 10.1 Å². The lowest BCUT2D eigenvalue weighted by Gasteiger charge is -2.40. The fraction of sp³-hybridized carbons (Fsp3) is 0.480. The van der Waals surface area contributed by atoms with Gasteiger partial charge in [0.1, 0.15) is 11.9 Å². The molecule has 1 amide bonds. The van der Waals surface area contributed by atoms with Crippen LogP contribution in [0.15, 0.2) is 42.5 Å². The number of benzene rings is 2. The molecule has 2 fully saturated rings. The fourth-order valence-electron chi connectivity index (χ4n) is 3.43. The van der Waals surface area contributed by atoms with Crippen molar-refractivity contribution in [1.29, 1.82) is 0 Å². The summed E-state index contributed by atoms with van der Waals surface area (Å²) in [6.07, 6.45) is 2.52. The molecule has 0 bridgehead atoms. The maximum atomic E-state index is 14.4. The van der Waals surface area contributed by atoms with Crippen molar-refractivity contribution >= 4 is 11.6 Å². The van der Waals surface area contributed by atoms with Gasteiger partial charge in [-0.05, 0) is 67.6 Å². The molecule has 0 spiro atoms. The molecule has 1 saturated carbocycles. The molecule has 0 radical (unpaired) electrons. The third-order valence-electron chi connectivity index (χ3n) is 5.40. The molecule has 2 aliphatic rings. The highest BCUT2D eigenvalue weighted by atomic mass is 19.1. The Morgan fingerprint density at radius 1 is 1.16 bits per heavy atom. The van der Waals surface area contributed by atoms with Crippen molar-refractivity contribution in [2.24, 2.45) is 5.92 Å². The van der Waals surface area contributed by atoms with Crippen molar-refractivity contribution in [3.05, 3.63) is 53.8 Å². The van der Waals surface area contributed by atoms with Gasteiger partial charge in [0.15, 0.2) is 11.6 Å². The second-order valence-electron chi connectivity index (χ2n) is 8.01. The van der Waals surface area contributed by atoms with Crippen LogP contribution in [0.25, 0.3) is 0 Å². The molecule has 1 N–H and O–H groups in total. The summed E-state index contributed by atoms with van der Waals surface area (Å²) in [4.78, 5) is 13.4. The maximum Gasteiger partial charge on any atom is 0.217 e. The van der Waals surface area contributed by atoms with Crippen LogP contribution in [-0.2, 0) is 4.79 Å². The van der Waals surface area contributed by atoms with E-state index in [2.05, 4.69) is 22.3 Å². The van der Waals surface area contributed by atoms with Gasteiger partial charge in [-0.2, -0.15) is 0 Å². The summed E-state index contributed by atoms with van der Waals surface area (Å²) in [5.41, 5.74) is 1.83. The highest BCUT2D eigenvalue weighted by Crippen LogP contribution is 2.31. The zero-order chi connectivity index (χ0) is 22.4. The Bertz CT molecular complexity index is 862. The number of rotatable bonds is 8. The summed E-state index contributed by atoms with van der Waals surface area (Å²) in [5.74, 6) is 1.35. The van der Waals surface area contributed by atoms with Gasteiger partial charge in [-0.3, -0.25) is 4.79 Å². The Balaban J connectivity index is 0.00000132. The molecular weight excluding hydrogens is 395 g/mol. The first-order valence-corrected chi connectivity index (χ1v) is 11.2. The van der Waals surface area contributed by atoms with Gasteiger partial charge in [0.2, 0.25) is 5.91 Å². The lowest BCUT2D eigenvalue weighted by molar-refractivity contribution is -0.119. The smallest absolute Gasteiger partial charge is 0.217 e. The standard InChI is InChI=1S/C23H27FN2O3.C2H6/c1-15(25-16(2)27)18-5-10-23(22(24)11-18)29-21-12-26(13-21)19-6-8-20(9-7-19)28-14-17-3-4-17;1-2/h5-11,15,17,21H,3-4,12-14H2,1-2H3,(H,25,27);1-2H3. The van der Waals surface area contributed by atoms with Gasteiger partial charge in [0.05, 0.1) is 25.7 Å². The zero-order valence-corrected chi connectivity index (χ0v) is 18.9. The molecule has 2 aromatic carbocycles. The Labute approximate surface area is 184 Å². The van der Waals surface area contributed by atoms with Gasteiger partial charge in [-0.25, -0.2) is 4.39 Å². The monoisotopic (exact) mass is 428 g/mol. The summed E-state index contributed by atoms with van der Waals surface area (Å²) in [5, 5.41) is 2.75. The van der Waals surface area contributed by atoms with Crippen LogP contribution in [0, 0.1) is 11.7 Å². The number of anilines is 1. The topological polar surface area (TPSA) is 50.8 Å². The van der Waals surface area contributed by atoms with Crippen LogP contribution < -0.4 is 19.7 Å². The summed E-state index contributed by atoms with van der Waals surface area (Å²) in [6.45, 7) is 9.51. The summed E-state index contributed by atoms with van der Waals surface area (Å²) >= 11 is 0. The van der Waals surface area contributed by atoms with Crippen molar-refractivity contribution < 1.29 is 18.7 Å². The number of carbonyl (C=O) groups is 1. The Morgan fingerprint density at radius 2 is 1.84 bits per heavy atom. The summed E-state index contributed by atoms with van der Waals surface area (Å²) in [7, 11) is 0. The molecule has 1 aliphatic carbocycles. The van der Waals surface area contributed by atoms with E-state index in [0.29, 0.717) is 18.7 Å². The lowest BCUT2D eigenvalue weighted by Crippen LogP contribution is -2.54. The SMILES string of the molecule is CC.CC(=O)NC(C)c1ccc(OC2CN(c3ccc(OCC4CC4)cc3)C2)c(F)c1. The van der Waals surface area contributed by atoms with Crippen molar-refractivity contribution in [3.63, 3.8) is 0 Å². The Hall–Kier alpha value is -2.76. The highest BCUT2D eigenvalue weighted by molar-refractivity contribution is 5.73. The minimum atomic E-state index is -0.407. The maximum absolute atomic E-state index is 14.4. The molecule has 168 valence electrons. The molecule has 1 aliphatic heterocycles. The van der Waals surface area contributed by atoms with Crippen molar-refractivity contribution in [3.8, 4) is 11.5 Å². The minimum Gasteiger partial charge on any atom is -0.493 e. The molecule has 2 aromatic rings. The largest absolute Gasteiger partial charge is 0.493 e. The number of hydrogen-bond donors (Lipinski definition) is 1. The molecule has 1 saturated heterocycles. The number of hydrogen-bond acceptors (Lipinski definition) is 4. The van der Waals surface area contributed by atoms with E-state index in [0.717, 1.165) is 24.0 Å². The average molecular weight is 429 g/mol. The van der Waals surface area contributed by atoms with Crippen molar-refractivity contribution in [2.45, 2.75) is 52.7 Å². The minimum absolute atomic E-state index is 0.0473. The van der Waals surface area contributed by atoms with Crippen molar-refractivity contribution in [2.75, 3.05) is 24.6 Å². The van der Waals surface area contributed by atoms with Crippen LogP contribution >= 0.6 is 0 Å². The highest BCUT2D eigenvalue weighted by Gasteiger charge is 2.29. The van der Waals surface area contributed by atoms with E-state index < -0.39 is 5.82 Å². The first-order chi connectivity index (χ1) is 15.0. The van der Waals surface area contributed by atoms with Gasteiger partial charge < -0.3 is 19.7 Å². The molecule has 1 atom stereocenters. The molecule has 31 heavy (non-hydrogen) atoms. The van der Waals surface area contributed by atoms with Gasteiger partial charge in [-0.1, -0.05) is 19.9 Å². The molecule has 5 nitrogen and oxygen atoms in total. The number of carbonyl (C=O) groups excluding carboxylic acids is 1. The van der Waals surface area contributed by atoms with E-state index >= 15 is 0 Å². The first kappa shape index (κ1) is 22.9. The number of nitrogens with zero attached hydrogens (tertiary/aromatic N) is 1.